The van der Waals surface area contributed by atoms with E-state index >= 15 is 0 Å². The van der Waals surface area contributed by atoms with Crippen molar-refractivity contribution in [3.63, 3.8) is 0 Å². The zero-order chi connectivity index (χ0) is 12.1. The summed E-state index contributed by atoms with van der Waals surface area (Å²) in [5.41, 5.74) is -0.428. The van der Waals surface area contributed by atoms with Crippen LogP contribution in [0.4, 0.5) is 0 Å². The van der Waals surface area contributed by atoms with Gasteiger partial charge in [-0.15, -0.1) is 0 Å². The molecule has 0 aromatic rings. The molecule has 0 aliphatic carbocycles. The summed E-state index contributed by atoms with van der Waals surface area (Å²) in [6.07, 6.45) is 0. The molecule has 0 fully saturated rings. The average molecular weight is 239 g/mol. The molecule has 0 saturated carbocycles. The molecule has 2 N–H and O–H groups in total. The van der Waals surface area contributed by atoms with Crippen LogP contribution in [0.3, 0.4) is 0 Å². The predicted molar refractivity (Wildman–Crippen MR) is 52.1 cm³/mol. The first kappa shape index (κ1) is 14.0. The van der Waals surface area contributed by atoms with Crippen LogP contribution < -0.4 is 5.32 Å². The molecular weight excluding hydrogens is 225 g/mol. The first-order valence-electron chi connectivity index (χ1n) is 3.88. The Morgan fingerprint density at radius 2 is 1.73 bits per heavy atom. The smallest absolute Gasteiger partial charge is 0.384 e. The van der Waals surface area contributed by atoms with Crippen LogP contribution in [-0.2, 0) is 23.1 Å². The number of aliphatic hydroxyl groups excluding tert-OH is 1. The number of rotatable bonds is 5. The highest BCUT2D eigenvalue weighted by molar-refractivity contribution is 7.58. The lowest BCUT2D eigenvalue weighted by molar-refractivity contribution is -0.118. The zero-order valence-corrected chi connectivity index (χ0v) is 9.83. The third-order valence-corrected chi connectivity index (χ3v) is 3.26. The van der Waals surface area contributed by atoms with Gasteiger partial charge >= 0.3 is 13.5 Å². The van der Waals surface area contributed by atoms with E-state index in [9.17, 15) is 14.5 Å². The summed E-state index contributed by atoms with van der Waals surface area (Å²) >= 11 is 0. The Hall–Kier alpha value is -1.04. The average Bonchev–Trinajstić information content (AvgIpc) is 2.23. The Morgan fingerprint density at radius 3 is 2.00 bits per heavy atom. The minimum Gasteiger partial charge on any atom is -0.479 e. The summed E-state index contributed by atoms with van der Waals surface area (Å²) in [5.74, 6) is -1.26. The van der Waals surface area contributed by atoms with E-state index in [0.717, 1.165) is 21.3 Å². The molecule has 0 rings (SSSR count). The number of hydrogen-bond donors (Lipinski definition) is 2. The SMILES string of the molecule is COC(O)=C(NC(C)=O)P(=O)(OC)OC. The van der Waals surface area contributed by atoms with E-state index in [1.165, 1.54) is 6.92 Å². The molecule has 1 amide bonds. The number of nitrogens with one attached hydrogen (secondary N) is 1. The molecule has 0 bridgehead atoms. The predicted octanol–water partition coefficient (Wildman–Crippen LogP) is 0.939. The maximum absolute atomic E-state index is 11.8. The highest BCUT2D eigenvalue weighted by Gasteiger charge is 2.33. The van der Waals surface area contributed by atoms with Crippen LogP contribution in [0.5, 0.6) is 0 Å². The largest absolute Gasteiger partial charge is 0.479 e. The molecule has 0 atom stereocenters. The van der Waals surface area contributed by atoms with Crippen LogP contribution >= 0.6 is 7.60 Å². The number of hydrogen-bond acceptors (Lipinski definition) is 6. The summed E-state index contributed by atoms with van der Waals surface area (Å²) in [7, 11) is -0.359. The number of amides is 1. The molecule has 0 saturated heterocycles. The molecule has 0 unspecified atom stereocenters. The molecule has 8 heteroatoms. The fraction of sp³-hybridized carbons (Fsp3) is 0.571. The highest BCUT2D eigenvalue weighted by atomic mass is 31.2. The maximum Gasteiger partial charge on any atom is 0.384 e. The minimum absolute atomic E-state index is 0.428. The lowest BCUT2D eigenvalue weighted by Crippen LogP contribution is -2.22. The Bertz CT molecular complexity index is 305. The number of aliphatic hydroxyl groups is 1. The molecule has 88 valence electrons. The van der Waals surface area contributed by atoms with Gasteiger partial charge in [0.1, 0.15) is 0 Å². The van der Waals surface area contributed by atoms with E-state index in [1.807, 2.05) is 0 Å². The van der Waals surface area contributed by atoms with Crippen LogP contribution in [-0.4, -0.2) is 32.3 Å². The normalized spacial score (nSPS) is 13.1. The van der Waals surface area contributed by atoms with Gasteiger partial charge in [-0.25, -0.2) is 0 Å². The van der Waals surface area contributed by atoms with Crippen molar-refractivity contribution in [2.45, 2.75) is 6.92 Å². The van der Waals surface area contributed by atoms with Crippen molar-refractivity contribution in [3.05, 3.63) is 11.4 Å². The van der Waals surface area contributed by atoms with Crippen molar-refractivity contribution in [3.8, 4) is 0 Å². The van der Waals surface area contributed by atoms with Crippen LogP contribution in [0.15, 0.2) is 11.4 Å². The number of carbonyl (C=O) groups is 1. The molecule has 0 heterocycles. The number of carbonyl (C=O) groups excluding carboxylic acids is 1. The Balaban J connectivity index is 5.29. The third kappa shape index (κ3) is 3.54. The molecule has 0 aromatic carbocycles. The summed E-state index contributed by atoms with van der Waals surface area (Å²) in [5, 5.41) is 11.4. The van der Waals surface area contributed by atoms with Crippen molar-refractivity contribution < 1.29 is 28.3 Å². The summed E-state index contributed by atoms with van der Waals surface area (Å²) in [4.78, 5) is 10.8. The van der Waals surface area contributed by atoms with Gasteiger partial charge in [-0.1, -0.05) is 0 Å². The fourth-order valence-corrected chi connectivity index (χ4v) is 1.89. The van der Waals surface area contributed by atoms with Gasteiger partial charge in [0.2, 0.25) is 11.3 Å². The number of ether oxygens (including phenoxy) is 1. The maximum atomic E-state index is 11.8. The van der Waals surface area contributed by atoms with Gasteiger partial charge in [-0.05, 0) is 0 Å². The lowest BCUT2D eigenvalue weighted by atomic mass is 10.7. The third-order valence-electron chi connectivity index (χ3n) is 1.44. The fourth-order valence-electron chi connectivity index (χ4n) is 0.760. The van der Waals surface area contributed by atoms with Crippen molar-refractivity contribution >= 4 is 13.5 Å². The highest BCUT2D eigenvalue weighted by Crippen LogP contribution is 2.54. The van der Waals surface area contributed by atoms with E-state index in [4.69, 9.17) is 0 Å². The monoisotopic (exact) mass is 239 g/mol. The lowest BCUT2D eigenvalue weighted by Gasteiger charge is -2.17. The van der Waals surface area contributed by atoms with Gasteiger partial charge in [0, 0.05) is 21.1 Å². The van der Waals surface area contributed by atoms with E-state index in [0.29, 0.717) is 0 Å². The topological polar surface area (TPSA) is 94.1 Å². The van der Waals surface area contributed by atoms with Crippen molar-refractivity contribution in [1.82, 2.24) is 5.32 Å². The molecule has 0 aliphatic heterocycles. The summed E-state index contributed by atoms with van der Waals surface area (Å²) in [6.45, 7) is 1.18. The van der Waals surface area contributed by atoms with Gasteiger partial charge in [-0.2, -0.15) is 0 Å². The van der Waals surface area contributed by atoms with Crippen LogP contribution in [0.25, 0.3) is 0 Å². The first-order valence-corrected chi connectivity index (χ1v) is 5.42. The van der Waals surface area contributed by atoms with Gasteiger partial charge < -0.3 is 24.2 Å². The molecular formula is C7H14NO6P. The molecule has 7 nitrogen and oxygen atoms in total. The Labute approximate surface area is 87.5 Å². The Kier molecular flexibility index (Phi) is 5.35. The first-order chi connectivity index (χ1) is 6.91. The van der Waals surface area contributed by atoms with Crippen LogP contribution in [0, 0.1) is 0 Å². The van der Waals surface area contributed by atoms with Gasteiger partial charge in [-0.3, -0.25) is 9.36 Å². The molecule has 0 spiro atoms. The number of methoxy groups -OCH3 is 1. The van der Waals surface area contributed by atoms with Crippen LogP contribution in [0.1, 0.15) is 6.92 Å². The summed E-state index contributed by atoms with van der Waals surface area (Å²) < 4.78 is 25.5. The van der Waals surface area contributed by atoms with E-state index in [2.05, 4.69) is 19.1 Å². The molecule has 0 aliphatic rings. The molecule has 0 aromatic heterocycles. The second-order valence-electron chi connectivity index (χ2n) is 2.40. The van der Waals surface area contributed by atoms with Crippen molar-refractivity contribution in [1.29, 1.82) is 0 Å². The summed E-state index contributed by atoms with van der Waals surface area (Å²) in [6, 6.07) is 0. The van der Waals surface area contributed by atoms with Crippen molar-refractivity contribution in [2.24, 2.45) is 0 Å². The second kappa shape index (κ2) is 5.75. The minimum atomic E-state index is -3.75. The van der Waals surface area contributed by atoms with Crippen molar-refractivity contribution in [2.75, 3.05) is 21.3 Å². The van der Waals surface area contributed by atoms with E-state index < -0.39 is 24.9 Å². The van der Waals surface area contributed by atoms with Gasteiger partial charge in [0.15, 0.2) is 0 Å². The zero-order valence-electron chi connectivity index (χ0n) is 8.94. The standard InChI is InChI=1S/C7H14NO6P/c1-5(9)8-6(7(10)12-2)15(11,13-3)14-4/h10H,1-4H3,(H,8,9). The molecule has 15 heavy (non-hydrogen) atoms. The van der Waals surface area contributed by atoms with E-state index in [-0.39, 0.29) is 0 Å². The Morgan fingerprint density at radius 1 is 1.27 bits per heavy atom. The van der Waals surface area contributed by atoms with Gasteiger partial charge in [0.05, 0.1) is 7.11 Å². The molecule has 0 radical (unpaired) electrons. The van der Waals surface area contributed by atoms with E-state index in [1.54, 1.807) is 0 Å². The van der Waals surface area contributed by atoms with Crippen LogP contribution in [0.2, 0.25) is 0 Å². The quantitative estimate of drug-likeness (QED) is 0.547. The van der Waals surface area contributed by atoms with Gasteiger partial charge in [0.25, 0.3) is 0 Å². The second-order valence-corrected chi connectivity index (χ2v) is 4.57.